The van der Waals surface area contributed by atoms with Crippen LogP contribution < -0.4 is 11.5 Å². The molecule has 10 heteroatoms. The molecule has 2 aromatic heterocycles. The van der Waals surface area contributed by atoms with Crippen molar-refractivity contribution in [3.63, 3.8) is 0 Å². The van der Waals surface area contributed by atoms with E-state index in [9.17, 15) is 19.2 Å². The molecule has 0 amide bonds. The molecule has 0 bridgehead atoms. The Kier molecular flexibility index (Phi) is 7.79. The number of aryl methyl sites for hydroxylation is 1. The molecule has 0 aliphatic heterocycles. The largest absolute Gasteiger partial charge is 0.465 e. The number of carbonyl (C=O) groups excluding carboxylic acids is 2. The summed E-state index contributed by atoms with van der Waals surface area (Å²) in [6, 6.07) is 20.3. The Morgan fingerprint density at radius 3 is 2.38 bits per heavy atom. The summed E-state index contributed by atoms with van der Waals surface area (Å²) in [6.45, 7) is 2.99. The molecule has 5 aromatic rings. The highest BCUT2D eigenvalue weighted by Gasteiger charge is 2.17. The lowest BCUT2D eigenvalue weighted by molar-refractivity contribution is -0.143. The number of ether oxygens (including phenoxy) is 1. The van der Waals surface area contributed by atoms with Crippen LogP contribution in [0.15, 0.2) is 85.2 Å². The number of benzene rings is 3. The molecule has 0 atom stereocenters. The molecule has 0 saturated carbocycles. The summed E-state index contributed by atoms with van der Waals surface area (Å²) in [7, 11) is 1.62. The summed E-state index contributed by atoms with van der Waals surface area (Å²) in [6.07, 6.45) is 0.593. The predicted octanol–water partition coefficient (Wildman–Crippen LogP) is 3.53. The second-order valence-electron chi connectivity index (χ2n) is 9.54. The van der Waals surface area contributed by atoms with Crippen molar-refractivity contribution in [3.05, 3.63) is 105 Å². The minimum Gasteiger partial charge on any atom is -0.465 e. The van der Waals surface area contributed by atoms with Gasteiger partial charge in [0.05, 0.1) is 24.2 Å². The van der Waals surface area contributed by atoms with Gasteiger partial charge in [-0.2, -0.15) is 0 Å². The topological polar surface area (TPSA) is 117 Å². The van der Waals surface area contributed by atoms with Gasteiger partial charge < -0.3 is 13.6 Å². The molecule has 5 rings (SSSR count). The van der Waals surface area contributed by atoms with Gasteiger partial charge in [0.1, 0.15) is 6.54 Å². The van der Waals surface area contributed by atoms with Gasteiger partial charge in [0.15, 0.2) is 16.9 Å². The zero-order chi connectivity index (χ0) is 28.2. The number of carbonyl (C=O) groups is 2. The van der Waals surface area contributed by atoms with Gasteiger partial charge in [0, 0.05) is 25.7 Å². The first-order chi connectivity index (χ1) is 19.3. The third-order valence-corrected chi connectivity index (χ3v) is 6.77. The first-order valence-electron chi connectivity index (χ1n) is 13.0. The number of nitrogens with zero attached hydrogens (tertiary/aromatic N) is 3. The SMILES string of the molecule is CCOC(=O)Cn1c(=O)oc2cc(CCN(CC(=O)c3ccc4c(c3)oc(=O)n4C)Cc3ccccc3)ccc21. The second kappa shape index (κ2) is 11.6. The van der Waals surface area contributed by atoms with E-state index in [0.717, 1.165) is 11.1 Å². The molecule has 0 saturated heterocycles. The molecule has 2 heterocycles. The van der Waals surface area contributed by atoms with Crippen LogP contribution in [0.3, 0.4) is 0 Å². The minimum absolute atomic E-state index is 0.0955. The van der Waals surface area contributed by atoms with Crippen LogP contribution in [-0.4, -0.2) is 45.5 Å². The molecule has 0 N–H and O–H groups in total. The van der Waals surface area contributed by atoms with E-state index in [1.165, 1.54) is 9.13 Å². The maximum absolute atomic E-state index is 13.3. The quantitative estimate of drug-likeness (QED) is 0.184. The highest BCUT2D eigenvalue weighted by molar-refractivity contribution is 6.00. The maximum atomic E-state index is 13.3. The van der Waals surface area contributed by atoms with Crippen LogP contribution in [0, 0.1) is 0 Å². The van der Waals surface area contributed by atoms with Gasteiger partial charge in [0.25, 0.3) is 0 Å². The number of hydrogen-bond acceptors (Lipinski definition) is 8. The Balaban J connectivity index is 1.33. The zero-order valence-electron chi connectivity index (χ0n) is 22.3. The van der Waals surface area contributed by atoms with Gasteiger partial charge in [-0.15, -0.1) is 0 Å². The lowest BCUT2D eigenvalue weighted by Crippen LogP contribution is -2.31. The van der Waals surface area contributed by atoms with Gasteiger partial charge in [-0.05, 0) is 54.8 Å². The summed E-state index contributed by atoms with van der Waals surface area (Å²) >= 11 is 0. The fourth-order valence-corrected chi connectivity index (χ4v) is 4.70. The van der Waals surface area contributed by atoms with Gasteiger partial charge in [-0.25, -0.2) is 9.59 Å². The number of aromatic nitrogens is 2. The minimum atomic E-state index is -0.622. The van der Waals surface area contributed by atoms with E-state index in [0.29, 0.717) is 47.3 Å². The van der Waals surface area contributed by atoms with Crippen LogP contribution in [0.2, 0.25) is 0 Å². The Labute approximate surface area is 229 Å². The smallest absolute Gasteiger partial charge is 0.420 e. The van der Waals surface area contributed by atoms with Crippen molar-refractivity contribution in [2.24, 2.45) is 7.05 Å². The van der Waals surface area contributed by atoms with E-state index in [4.69, 9.17) is 13.6 Å². The van der Waals surface area contributed by atoms with Crippen LogP contribution >= 0.6 is 0 Å². The third kappa shape index (κ3) is 5.81. The molecule has 0 aliphatic rings. The summed E-state index contributed by atoms with van der Waals surface area (Å²) in [5.74, 6) is -1.70. The van der Waals surface area contributed by atoms with Crippen molar-refractivity contribution < 1.29 is 23.2 Å². The Hall–Kier alpha value is -4.70. The van der Waals surface area contributed by atoms with Gasteiger partial charge >= 0.3 is 17.5 Å². The molecule has 10 nitrogen and oxygen atoms in total. The average Bonchev–Trinajstić information content (AvgIpc) is 3.41. The molecular formula is C30H29N3O7. The summed E-state index contributed by atoms with van der Waals surface area (Å²) < 4.78 is 18.3. The molecule has 3 aromatic carbocycles. The summed E-state index contributed by atoms with van der Waals surface area (Å²) in [4.78, 5) is 51.4. The molecule has 0 fully saturated rings. The van der Waals surface area contributed by atoms with Crippen LogP contribution in [-0.2, 0) is 36.1 Å². The standard InChI is InChI=1S/C30H29N3O7/c1-3-38-28(35)19-33-24-11-9-20(15-26(24)40-30(33)37)13-14-32(17-21-7-5-4-6-8-21)18-25(34)22-10-12-23-27(16-22)39-29(36)31(23)2/h4-12,15-16H,3,13-14,17-19H2,1-2H3. The van der Waals surface area contributed by atoms with Crippen molar-refractivity contribution in [2.75, 3.05) is 19.7 Å². The third-order valence-electron chi connectivity index (χ3n) is 6.77. The van der Waals surface area contributed by atoms with Crippen LogP contribution in [0.25, 0.3) is 22.2 Å². The number of hydrogen-bond donors (Lipinski definition) is 0. The number of Topliss-reactive ketones (excluding diaryl/α,β-unsaturated/α-hetero) is 1. The molecule has 0 aliphatic carbocycles. The maximum Gasteiger partial charge on any atom is 0.420 e. The number of oxazole rings is 2. The molecule has 0 unspecified atom stereocenters. The fraction of sp³-hybridized carbons (Fsp3) is 0.267. The van der Waals surface area contributed by atoms with E-state index in [-0.39, 0.29) is 25.5 Å². The molecular weight excluding hydrogens is 514 g/mol. The highest BCUT2D eigenvalue weighted by Crippen LogP contribution is 2.18. The van der Waals surface area contributed by atoms with Crippen LogP contribution in [0.5, 0.6) is 0 Å². The molecule has 40 heavy (non-hydrogen) atoms. The summed E-state index contributed by atoms with van der Waals surface area (Å²) in [5.41, 5.74) is 4.35. The zero-order valence-corrected chi connectivity index (χ0v) is 22.3. The van der Waals surface area contributed by atoms with Crippen LogP contribution in [0.4, 0.5) is 0 Å². The normalized spacial score (nSPS) is 11.5. The lowest BCUT2D eigenvalue weighted by atomic mass is 10.1. The molecule has 206 valence electrons. The Morgan fingerprint density at radius 2 is 1.60 bits per heavy atom. The first kappa shape index (κ1) is 26.9. The van der Waals surface area contributed by atoms with E-state index < -0.39 is 17.5 Å². The van der Waals surface area contributed by atoms with Crippen molar-refractivity contribution in [1.29, 1.82) is 0 Å². The first-order valence-corrected chi connectivity index (χ1v) is 13.0. The summed E-state index contributed by atoms with van der Waals surface area (Å²) in [5, 5.41) is 0. The molecule has 0 spiro atoms. The predicted molar refractivity (Wildman–Crippen MR) is 148 cm³/mol. The number of esters is 1. The van der Waals surface area contributed by atoms with Crippen LogP contribution in [0.1, 0.15) is 28.4 Å². The van der Waals surface area contributed by atoms with E-state index in [1.54, 1.807) is 44.3 Å². The highest BCUT2D eigenvalue weighted by atomic mass is 16.5. The van der Waals surface area contributed by atoms with Crippen molar-refractivity contribution in [2.45, 2.75) is 26.4 Å². The van der Waals surface area contributed by atoms with Gasteiger partial charge in [-0.3, -0.25) is 23.6 Å². The number of rotatable bonds is 11. The monoisotopic (exact) mass is 543 g/mol. The van der Waals surface area contributed by atoms with E-state index >= 15 is 0 Å². The van der Waals surface area contributed by atoms with Crippen molar-refractivity contribution in [1.82, 2.24) is 14.0 Å². The average molecular weight is 544 g/mol. The van der Waals surface area contributed by atoms with Gasteiger partial charge in [-0.1, -0.05) is 36.4 Å². The lowest BCUT2D eigenvalue weighted by Gasteiger charge is -2.22. The van der Waals surface area contributed by atoms with Crippen molar-refractivity contribution >= 4 is 34.0 Å². The number of fused-ring (bicyclic) bond motifs is 2. The van der Waals surface area contributed by atoms with E-state index in [2.05, 4.69) is 4.90 Å². The molecule has 0 radical (unpaired) electrons. The Morgan fingerprint density at radius 1 is 0.875 bits per heavy atom. The van der Waals surface area contributed by atoms with Gasteiger partial charge in [0.2, 0.25) is 0 Å². The fourth-order valence-electron chi connectivity index (χ4n) is 4.70. The second-order valence-corrected chi connectivity index (χ2v) is 9.54. The Bertz CT molecular complexity index is 1790. The number of ketones is 1. The van der Waals surface area contributed by atoms with Crippen molar-refractivity contribution in [3.8, 4) is 0 Å². The van der Waals surface area contributed by atoms with E-state index in [1.807, 2.05) is 36.4 Å².